The van der Waals surface area contributed by atoms with Gasteiger partial charge >= 0.3 is 5.97 Å². The molecule has 0 aliphatic heterocycles. The van der Waals surface area contributed by atoms with Crippen molar-refractivity contribution in [2.75, 3.05) is 6.54 Å². The van der Waals surface area contributed by atoms with Gasteiger partial charge in [0.2, 0.25) is 0 Å². The summed E-state index contributed by atoms with van der Waals surface area (Å²) >= 11 is 5.82. The van der Waals surface area contributed by atoms with E-state index in [1.54, 1.807) is 30.3 Å². The summed E-state index contributed by atoms with van der Waals surface area (Å²) in [5.74, 6) is -1.61. The van der Waals surface area contributed by atoms with E-state index in [1.807, 2.05) is 0 Å². The first-order valence-corrected chi connectivity index (χ1v) is 6.87. The molecule has 22 heavy (non-hydrogen) atoms. The fraction of sp³-hybridized carbons (Fsp3) is 0.125. The van der Waals surface area contributed by atoms with Gasteiger partial charge in [-0.15, -0.1) is 0 Å². The average Bonchev–Trinajstić information content (AvgIpc) is 2.53. The van der Waals surface area contributed by atoms with Crippen LogP contribution in [0, 0.1) is 5.82 Å². The highest BCUT2D eigenvalue weighted by molar-refractivity contribution is 6.31. The summed E-state index contributed by atoms with van der Waals surface area (Å²) in [6.45, 7) is -0.592. The zero-order chi connectivity index (χ0) is 15.9. The Hall–Kier alpha value is -2.40. The second-order valence-corrected chi connectivity index (χ2v) is 4.82. The predicted octanol–water partition coefficient (Wildman–Crippen LogP) is 2.95. The average molecular weight is 322 g/mol. The standard InChI is InChI=1S/C16H13ClFNO3/c17-13-7-4-8-14(18)12(13)10-22-15(20)9-19-16(21)11-5-2-1-3-6-11/h1-8H,9-10H2,(H,19,21). The summed E-state index contributed by atoms with van der Waals surface area (Å²) in [7, 11) is 0. The van der Waals surface area contributed by atoms with E-state index in [1.165, 1.54) is 18.2 Å². The lowest BCUT2D eigenvalue weighted by Crippen LogP contribution is -2.30. The van der Waals surface area contributed by atoms with Crippen LogP contribution in [0.2, 0.25) is 5.02 Å². The van der Waals surface area contributed by atoms with Gasteiger partial charge in [-0.25, -0.2) is 4.39 Å². The third-order valence-electron chi connectivity index (χ3n) is 2.87. The quantitative estimate of drug-likeness (QED) is 0.861. The van der Waals surface area contributed by atoms with Crippen LogP contribution >= 0.6 is 11.6 Å². The maximum Gasteiger partial charge on any atom is 0.325 e. The first-order chi connectivity index (χ1) is 10.6. The Labute approximate surface area is 131 Å². The van der Waals surface area contributed by atoms with Gasteiger partial charge in [-0.1, -0.05) is 35.9 Å². The van der Waals surface area contributed by atoms with Crippen LogP contribution in [0.5, 0.6) is 0 Å². The molecule has 0 aliphatic carbocycles. The van der Waals surface area contributed by atoms with Crippen molar-refractivity contribution in [3.8, 4) is 0 Å². The number of rotatable bonds is 5. The van der Waals surface area contributed by atoms with Crippen molar-refractivity contribution in [1.82, 2.24) is 5.32 Å². The Morgan fingerprint density at radius 1 is 1.09 bits per heavy atom. The topological polar surface area (TPSA) is 55.4 Å². The van der Waals surface area contributed by atoms with Crippen molar-refractivity contribution in [2.24, 2.45) is 0 Å². The molecule has 0 heterocycles. The number of amides is 1. The molecule has 0 unspecified atom stereocenters. The number of hydrogen-bond donors (Lipinski definition) is 1. The Morgan fingerprint density at radius 2 is 1.82 bits per heavy atom. The minimum absolute atomic E-state index is 0.104. The lowest BCUT2D eigenvalue weighted by molar-refractivity contribution is -0.143. The molecule has 0 saturated carbocycles. The molecule has 1 N–H and O–H groups in total. The van der Waals surface area contributed by atoms with E-state index < -0.39 is 11.8 Å². The van der Waals surface area contributed by atoms with Gasteiger partial charge in [-0.05, 0) is 24.3 Å². The molecule has 0 atom stereocenters. The number of carbonyl (C=O) groups is 2. The fourth-order valence-electron chi connectivity index (χ4n) is 1.72. The first-order valence-electron chi connectivity index (χ1n) is 6.49. The van der Waals surface area contributed by atoms with Gasteiger partial charge in [0.05, 0.1) is 5.02 Å². The first kappa shape index (κ1) is 16.0. The Kier molecular flexibility index (Phi) is 5.49. The third kappa shape index (κ3) is 4.30. The van der Waals surface area contributed by atoms with Crippen LogP contribution in [-0.4, -0.2) is 18.4 Å². The molecule has 0 spiro atoms. The molecule has 2 aromatic rings. The van der Waals surface area contributed by atoms with Gasteiger partial charge in [-0.3, -0.25) is 9.59 Å². The van der Waals surface area contributed by atoms with Crippen LogP contribution in [0.4, 0.5) is 4.39 Å². The molecule has 1 amide bonds. The zero-order valence-corrected chi connectivity index (χ0v) is 12.3. The number of carbonyl (C=O) groups excluding carboxylic acids is 2. The van der Waals surface area contributed by atoms with Crippen LogP contribution in [-0.2, 0) is 16.1 Å². The molecule has 0 bridgehead atoms. The van der Waals surface area contributed by atoms with E-state index in [4.69, 9.17) is 16.3 Å². The van der Waals surface area contributed by atoms with Crippen molar-refractivity contribution < 1.29 is 18.7 Å². The van der Waals surface area contributed by atoms with Gasteiger partial charge in [0, 0.05) is 11.1 Å². The Balaban J connectivity index is 1.83. The molecule has 6 heteroatoms. The van der Waals surface area contributed by atoms with E-state index in [-0.39, 0.29) is 29.6 Å². The third-order valence-corrected chi connectivity index (χ3v) is 3.22. The zero-order valence-electron chi connectivity index (χ0n) is 11.5. The van der Waals surface area contributed by atoms with Crippen molar-refractivity contribution in [3.63, 3.8) is 0 Å². The summed E-state index contributed by atoms with van der Waals surface area (Å²) in [6.07, 6.45) is 0. The normalized spacial score (nSPS) is 10.1. The highest BCUT2D eigenvalue weighted by Crippen LogP contribution is 2.19. The summed E-state index contributed by atoms with van der Waals surface area (Å²) in [4.78, 5) is 23.3. The molecule has 2 rings (SSSR count). The molecular formula is C16H13ClFNO3. The van der Waals surface area contributed by atoms with E-state index in [9.17, 15) is 14.0 Å². The molecule has 2 aromatic carbocycles. The van der Waals surface area contributed by atoms with Crippen LogP contribution in [0.1, 0.15) is 15.9 Å². The number of halogens is 2. The van der Waals surface area contributed by atoms with Crippen LogP contribution < -0.4 is 5.32 Å². The van der Waals surface area contributed by atoms with E-state index in [0.29, 0.717) is 5.56 Å². The molecule has 0 fully saturated rings. The molecule has 0 radical (unpaired) electrons. The molecule has 114 valence electrons. The number of ether oxygens (including phenoxy) is 1. The predicted molar refractivity (Wildman–Crippen MR) is 80.0 cm³/mol. The van der Waals surface area contributed by atoms with Gasteiger partial charge in [-0.2, -0.15) is 0 Å². The SMILES string of the molecule is O=C(CNC(=O)c1ccccc1)OCc1c(F)cccc1Cl. The smallest absolute Gasteiger partial charge is 0.325 e. The lowest BCUT2D eigenvalue weighted by atomic mass is 10.2. The lowest BCUT2D eigenvalue weighted by Gasteiger charge is -2.08. The monoisotopic (exact) mass is 321 g/mol. The van der Waals surface area contributed by atoms with Crippen LogP contribution in [0.3, 0.4) is 0 Å². The minimum Gasteiger partial charge on any atom is -0.459 e. The second-order valence-electron chi connectivity index (χ2n) is 4.41. The summed E-state index contributed by atoms with van der Waals surface area (Å²) in [6, 6.07) is 12.7. The van der Waals surface area contributed by atoms with Crippen molar-refractivity contribution in [1.29, 1.82) is 0 Å². The number of esters is 1. The molecule has 0 aliphatic rings. The summed E-state index contributed by atoms with van der Waals surface area (Å²) in [5, 5.41) is 2.61. The van der Waals surface area contributed by atoms with Crippen molar-refractivity contribution in [2.45, 2.75) is 6.61 Å². The maximum absolute atomic E-state index is 13.5. The second kappa shape index (κ2) is 7.56. The highest BCUT2D eigenvalue weighted by Gasteiger charge is 2.11. The van der Waals surface area contributed by atoms with Crippen molar-refractivity contribution in [3.05, 3.63) is 70.5 Å². The van der Waals surface area contributed by atoms with Gasteiger partial charge < -0.3 is 10.1 Å². The van der Waals surface area contributed by atoms with E-state index >= 15 is 0 Å². The van der Waals surface area contributed by atoms with Crippen LogP contribution in [0.15, 0.2) is 48.5 Å². The maximum atomic E-state index is 13.5. The molecular weight excluding hydrogens is 309 g/mol. The molecule has 0 saturated heterocycles. The van der Waals surface area contributed by atoms with Gasteiger partial charge in [0.1, 0.15) is 19.0 Å². The minimum atomic E-state index is -0.677. The Bertz CT molecular complexity index is 656. The van der Waals surface area contributed by atoms with Gasteiger partial charge in [0.15, 0.2) is 0 Å². The fourth-order valence-corrected chi connectivity index (χ4v) is 1.94. The Morgan fingerprint density at radius 3 is 2.50 bits per heavy atom. The summed E-state index contributed by atoms with van der Waals surface area (Å²) < 4.78 is 18.4. The number of nitrogens with one attached hydrogen (secondary N) is 1. The van der Waals surface area contributed by atoms with E-state index in [0.717, 1.165) is 0 Å². The van der Waals surface area contributed by atoms with Crippen molar-refractivity contribution >= 4 is 23.5 Å². The largest absolute Gasteiger partial charge is 0.459 e. The van der Waals surface area contributed by atoms with Gasteiger partial charge in [0.25, 0.3) is 5.91 Å². The summed E-state index contributed by atoms with van der Waals surface area (Å²) in [5.41, 5.74) is 0.541. The van der Waals surface area contributed by atoms with E-state index in [2.05, 4.69) is 5.32 Å². The number of benzene rings is 2. The molecule has 0 aromatic heterocycles. The molecule has 4 nitrogen and oxygen atoms in total. The number of hydrogen-bond acceptors (Lipinski definition) is 3. The van der Waals surface area contributed by atoms with Crippen LogP contribution in [0.25, 0.3) is 0 Å². The highest BCUT2D eigenvalue weighted by atomic mass is 35.5.